The van der Waals surface area contributed by atoms with Crippen molar-refractivity contribution in [3.05, 3.63) is 0 Å². The van der Waals surface area contributed by atoms with Gasteiger partial charge in [-0.05, 0) is 88.6 Å². The van der Waals surface area contributed by atoms with Gasteiger partial charge in [-0.3, -0.25) is 20.7 Å². The van der Waals surface area contributed by atoms with E-state index in [1.807, 2.05) is 7.11 Å². The second-order valence-corrected chi connectivity index (χ2v) is 12.1. The fourth-order valence-corrected chi connectivity index (χ4v) is 7.38. The first-order valence-corrected chi connectivity index (χ1v) is 14.5. The van der Waals surface area contributed by atoms with Gasteiger partial charge in [0.25, 0.3) is 0 Å². The van der Waals surface area contributed by atoms with Gasteiger partial charge in [0.05, 0.1) is 18.3 Å². The molecule has 0 aromatic carbocycles. The zero-order valence-corrected chi connectivity index (χ0v) is 22.5. The molecular formula is C27H49N5O4. The summed E-state index contributed by atoms with van der Waals surface area (Å²) < 4.78 is 17.4. The van der Waals surface area contributed by atoms with Gasteiger partial charge in [0.1, 0.15) is 12.4 Å². The van der Waals surface area contributed by atoms with Gasteiger partial charge in [-0.25, -0.2) is 0 Å². The molecule has 206 valence electrons. The number of fused-ring (bicyclic) bond motifs is 1. The molecule has 5 fully saturated rings. The maximum atomic E-state index is 13.1. The molecule has 11 atom stereocenters. The molecule has 0 spiro atoms. The largest absolute Gasteiger partial charge is 0.381 e. The topological polar surface area (TPSA) is 105 Å². The van der Waals surface area contributed by atoms with Gasteiger partial charge in [-0.15, -0.1) is 0 Å². The Kier molecular flexibility index (Phi) is 9.20. The number of amides is 1. The van der Waals surface area contributed by atoms with Gasteiger partial charge in [-0.2, -0.15) is 0 Å². The molecular weight excluding hydrogens is 458 g/mol. The van der Waals surface area contributed by atoms with Crippen LogP contribution in [-0.2, 0) is 19.0 Å². The number of carbonyl (C=O) groups is 1. The van der Waals surface area contributed by atoms with E-state index in [4.69, 9.17) is 14.2 Å². The molecule has 5 aliphatic rings. The van der Waals surface area contributed by atoms with Crippen molar-refractivity contribution >= 4 is 5.91 Å². The highest BCUT2D eigenvalue weighted by atomic mass is 16.5. The molecule has 0 radical (unpaired) electrons. The fourth-order valence-electron chi connectivity index (χ4n) is 7.38. The molecule has 5 rings (SSSR count). The molecule has 9 heteroatoms. The van der Waals surface area contributed by atoms with Crippen LogP contribution in [0.4, 0.5) is 0 Å². The maximum Gasteiger partial charge on any atom is 0.249 e. The maximum absolute atomic E-state index is 13.1. The number of methoxy groups -OCH3 is 2. The van der Waals surface area contributed by atoms with Crippen LogP contribution >= 0.6 is 0 Å². The molecule has 2 saturated carbocycles. The highest BCUT2D eigenvalue weighted by Gasteiger charge is 2.43. The highest BCUT2D eigenvalue weighted by Crippen LogP contribution is 2.38. The normalized spacial score (nSPS) is 45.7. The van der Waals surface area contributed by atoms with Gasteiger partial charge in [0, 0.05) is 38.9 Å². The standard InChI is InChI=1S/C27H49N5O4/c1-16-4-5-19(30-26(33)25-12-17-10-20(34-2)6-7-24(17)36-25)13-23(16)32-27-29-9-8-22(31-27)18-11-21(35-3)15-28-14-18/h16-25,27-29,31-32H,4-15H2,1-3H3,(H,30,33). The van der Waals surface area contributed by atoms with E-state index in [0.29, 0.717) is 42.0 Å². The molecule has 3 heterocycles. The Labute approximate surface area is 216 Å². The van der Waals surface area contributed by atoms with Crippen LogP contribution in [-0.4, -0.2) is 88.6 Å². The summed E-state index contributed by atoms with van der Waals surface area (Å²) in [4.78, 5) is 13.1. The van der Waals surface area contributed by atoms with Crippen LogP contribution in [0, 0.1) is 17.8 Å². The van der Waals surface area contributed by atoms with Gasteiger partial charge in [-0.1, -0.05) is 6.92 Å². The van der Waals surface area contributed by atoms with E-state index in [0.717, 1.165) is 77.4 Å². The zero-order valence-electron chi connectivity index (χ0n) is 22.5. The minimum absolute atomic E-state index is 0.0862. The van der Waals surface area contributed by atoms with E-state index in [1.165, 1.54) is 0 Å². The van der Waals surface area contributed by atoms with Crippen molar-refractivity contribution in [3.8, 4) is 0 Å². The quantitative estimate of drug-likeness (QED) is 0.349. The first-order chi connectivity index (χ1) is 17.5. The Bertz CT molecular complexity index is 728. The summed E-state index contributed by atoms with van der Waals surface area (Å²) >= 11 is 0. The molecule has 0 aromatic rings. The molecule has 36 heavy (non-hydrogen) atoms. The first kappa shape index (κ1) is 26.8. The number of hydrogen-bond donors (Lipinski definition) is 5. The van der Waals surface area contributed by atoms with Gasteiger partial charge in [0.15, 0.2) is 0 Å². The SMILES string of the molecule is COC1CNCC(C2CCNC(NC3CC(NC(=O)C4CC5CC(OC)CCC5O4)CCC3C)N2)C1. The third-order valence-corrected chi connectivity index (χ3v) is 9.70. The lowest BCUT2D eigenvalue weighted by atomic mass is 9.82. The number of carbonyl (C=O) groups excluding carboxylic acids is 1. The molecule has 3 saturated heterocycles. The summed E-state index contributed by atoms with van der Waals surface area (Å²) in [6.45, 7) is 5.35. The van der Waals surface area contributed by atoms with Gasteiger partial charge in [0.2, 0.25) is 5.91 Å². The van der Waals surface area contributed by atoms with Crippen LogP contribution in [0.1, 0.15) is 64.7 Å². The second-order valence-electron chi connectivity index (χ2n) is 12.1. The van der Waals surface area contributed by atoms with E-state index in [1.54, 1.807) is 7.11 Å². The van der Waals surface area contributed by atoms with Crippen molar-refractivity contribution in [2.75, 3.05) is 33.9 Å². The monoisotopic (exact) mass is 507 g/mol. The number of piperidine rings is 1. The van der Waals surface area contributed by atoms with Crippen molar-refractivity contribution in [3.63, 3.8) is 0 Å². The van der Waals surface area contributed by atoms with E-state index in [-0.39, 0.29) is 30.4 Å². The van der Waals surface area contributed by atoms with Crippen LogP contribution < -0.4 is 26.6 Å². The number of ether oxygens (including phenoxy) is 3. The van der Waals surface area contributed by atoms with Crippen molar-refractivity contribution in [1.29, 1.82) is 0 Å². The molecule has 3 aliphatic heterocycles. The lowest BCUT2D eigenvalue weighted by molar-refractivity contribution is -0.133. The van der Waals surface area contributed by atoms with Crippen LogP contribution in [0.25, 0.3) is 0 Å². The van der Waals surface area contributed by atoms with E-state index in [9.17, 15) is 4.79 Å². The smallest absolute Gasteiger partial charge is 0.249 e. The Morgan fingerprint density at radius 2 is 1.75 bits per heavy atom. The van der Waals surface area contributed by atoms with E-state index in [2.05, 4.69) is 33.5 Å². The third-order valence-electron chi connectivity index (χ3n) is 9.70. The number of hydrogen-bond acceptors (Lipinski definition) is 8. The molecule has 0 bridgehead atoms. The Balaban J connectivity index is 1.09. The van der Waals surface area contributed by atoms with Crippen molar-refractivity contribution in [1.82, 2.24) is 26.6 Å². The number of rotatable bonds is 7. The lowest BCUT2D eigenvalue weighted by Crippen LogP contribution is -2.66. The molecule has 1 amide bonds. The Morgan fingerprint density at radius 3 is 2.58 bits per heavy atom. The average molecular weight is 508 g/mol. The lowest BCUT2D eigenvalue weighted by Gasteiger charge is -2.43. The summed E-state index contributed by atoms with van der Waals surface area (Å²) in [5.41, 5.74) is 0. The molecule has 9 nitrogen and oxygen atoms in total. The summed E-state index contributed by atoms with van der Waals surface area (Å²) in [7, 11) is 3.61. The van der Waals surface area contributed by atoms with Crippen LogP contribution in [0.3, 0.4) is 0 Å². The Morgan fingerprint density at radius 1 is 0.917 bits per heavy atom. The minimum atomic E-state index is -0.302. The second kappa shape index (κ2) is 12.4. The molecule has 0 aromatic heterocycles. The Hall–Kier alpha value is -0.810. The summed E-state index contributed by atoms with van der Waals surface area (Å²) in [6, 6.07) is 1.04. The molecule has 11 unspecified atom stereocenters. The van der Waals surface area contributed by atoms with Crippen molar-refractivity contribution in [2.45, 2.75) is 114 Å². The van der Waals surface area contributed by atoms with Gasteiger partial charge < -0.3 is 24.8 Å². The summed E-state index contributed by atoms with van der Waals surface area (Å²) in [5.74, 6) is 1.70. The van der Waals surface area contributed by atoms with Crippen LogP contribution in [0.2, 0.25) is 0 Å². The van der Waals surface area contributed by atoms with Crippen molar-refractivity contribution in [2.24, 2.45) is 17.8 Å². The predicted molar refractivity (Wildman–Crippen MR) is 138 cm³/mol. The zero-order chi connectivity index (χ0) is 25.1. The minimum Gasteiger partial charge on any atom is -0.381 e. The van der Waals surface area contributed by atoms with Crippen LogP contribution in [0.5, 0.6) is 0 Å². The van der Waals surface area contributed by atoms with Gasteiger partial charge >= 0.3 is 0 Å². The third kappa shape index (κ3) is 6.42. The van der Waals surface area contributed by atoms with Crippen LogP contribution in [0.15, 0.2) is 0 Å². The van der Waals surface area contributed by atoms with Crippen molar-refractivity contribution < 1.29 is 19.0 Å². The van der Waals surface area contributed by atoms with E-state index < -0.39 is 0 Å². The average Bonchev–Trinajstić information content (AvgIpc) is 3.34. The summed E-state index contributed by atoms with van der Waals surface area (Å²) in [6.07, 6.45) is 9.90. The predicted octanol–water partition coefficient (Wildman–Crippen LogP) is 1.08. The molecule has 5 N–H and O–H groups in total. The first-order valence-electron chi connectivity index (χ1n) is 14.5. The van der Waals surface area contributed by atoms with E-state index >= 15 is 0 Å². The highest BCUT2D eigenvalue weighted by molar-refractivity contribution is 5.81. The summed E-state index contributed by atoms with van der Waals surface area (Å²) in [5, 5.41) is 18.2. The number of nitrogens with one attached hydrogen (secondary N) is 5. The fraction of sp³-hybridized carbons (Fsp3) is 0.963. The molecule has 2 aliphatic carbocycles.